The predicted molar refractivity (Wildman–Crippen MR) is 62.0 cm³/mol. The number of rotatable bonds is 5. The van der Waals surface area contributed by atoms with Crippen LogP contribution in [0.25, 0.3) is 0 Å². The second-order valence-corrected chi connectivity index (χ2v) is 4.14. The van der Waals surface area contributed by atoms with Gasteiger partial charge in [0.25, 0.3) is 0 Å². The highest BCUT2D eigenvalue weighted by molar-refractivity contribution is 5.86. The number of hydroxylamine groups is 1. The van der Waals surface area contributed by atoms with Crippen molar-refractivity contribution < 1.29 is 33.8 Å². The Balaban J connectivity index is 2.80. The molecule has 0 spiro atoms. The van der Waals surface area contributed by atoms with Gasteiger partial charge in [0.1, 0.15) is 6.04 Å². The molecule has 112 valence electrons. The van der Waals surface area contributed by atoms with Crippen molar-refractivity contribution in [1.29, 1.82) is 0 Å². The molecule has 0 saturated heterocycles. The Bertz CT molecular complexity index is 454. The van der Waals surface area contributed by atoms with Crippen LogP contribution < -0.4 is 11.2 Å². The molecule has 0 aromatic heterocycles. The Labute approximate surface area is 112 Å². The number of carboxylic acid groups (broad SMARTS) is 2. The minimum atomic E-state index is -2.59. The predicted octanol–water partition coefficient (Wildman–Crippen LogP) is -0.950. The van der Waals surface area contributed by atoms with Crippen molar-refractivity contribution >= 4 is 18.0 Å². The van der Waals surface area contributed by atoms with Crippen molar-refractivity contribution in [3.05, 3.63) is 11.6 Å². The maximum atomic E-state index is 12.8. The molecule has 1 aliphatic heterocycles. The number of amides is 2. The van der Waals surface area contributed by atoms with Crippen LogP contribution in [0.4, 0.5) is 9.18 Å². The van der Waals surface area contributed by atoms with E-state index in [1.165, 1.54) is 6.08 Å². The molecule has 0 radical (unpaired) electrons. The molecule has 0 bridgehead atoms. The van der Waals surface area contributed by atoms with E-state index in [-0.39, 0.29) is 6.54 Å². The van der Waals surface area contributed by atoms with Gasteiger partial charge in [0.2, 0.25) is 5.91 Å². The summed E-state index contributed by atoms with van der Waals surface area (Å²) in [5, 5.41) is 17.3. The summed E-state index contributed by atoms with van der Waals surface area (Å²) in [5.74, 6) is -2.67. The van der Waals surface area contributed by atoms with Crippen LogP contribution in [0.2, 0.25) is 0 Å². The maximum Gasteiger partial charge on any atom is 0.408 e. The Hall–Kier alpha value is -2.20. The van der Waals surface area contributed by atoms with E-state index in [1.54, 1.807) is 6.92 Å². The molecular formula is C10H14FN3O6. The number of carbonyl (C=O) groups is 3. The summed E-state index contributed by atoms with van der Waals surface area (Å²) in [5.41, 5.74) is 7.68. The number of carbonyl (C=O) groups excluding carboxylic acids is 1. The molecule has 0 aromatic rings. The molecule has 20 heavy (non-hydrogen) atoms. The molecule has 3 atom stereocenters. The summed E-state index contributed by atoms with van der Waals surface area (Å²) in [6.07, 6.45) is -2.69. The van der Waals surface area contributed by atoms with Crippen LogP contribution in [0.15, 0.2) is 11.6 Å². The van der Waals surface area contributed by atoms with E-state index in [1.807, 2.05) is 0 Å². The van der Waals surface area contributed by atoms with Crippen LogP contribution in [-0.2, 0) is 14.4 Å². The minimum Gasteiger partial charge on any atom is -0.477 e. The van der Waals surface area contributed by atoms with Gasteiger partial charge in [0.05, 0.1) is 6.04 Å². The van der Waals surface area contributed by atoms with Gasteiger partial charge in [-0.1, -0.05) is 11.6 Å². The Morgan fingerprint density at radius 3 is 2.60 bits per heavy atom. The highest BCUT2D eigenvalue weighted by Crippen LogP contribution is 2.17. The Morgan fingerprint density at radius 2 is 2.15 bits per heavy atom. The lowest BCUT2D eigenvalue weighted by Crippen LogP contribution is -2.55. The molecule has 0 aromatic carbocycles. The van der Waals surface area contributed by atoms with E-state index in [0.29, 0.717) is 5.57 Å². The second-order valence-electron chi connectivity index (χ2n) is 4.14. The lowest BCUT2D eigenvalue weighted by Gasteiger charge is -2.34. The van der Waals surface area contributed by atoms with Gasteiger partial charge in [-0.15, -0.1) is 0 Å². The van der Waals surface area contributed by atoms with E-state index in [0.717, 1.165) is 4.90 Å². The third-order valence-electron chi connectivity index (χ3n) is 2.73. The molecule has 1 heterocycles. The van der Waals surface area contributed by atoms with Crippen molar-refractivity contribution in [2.24, 2.45) is 5.73 Å². The smallest absolute Gasteiger partial charge is 0.408 e. The summed E-state index contributed by atoms with van der Waals surface area (Å²) >= 11 is 0. The number of alkyl halides is 1. The number of nitrogens with one attached hydrogen (secondary N) is 1. The summed E-state index contributed by atoms with van der Waals surface area (Å²) in [6.45, 7) is 1.31. The van der Waals surface area contributed by atoms with Gasteiger partial charge in [-0.2, -0.15) is 5.48 Å². The van der Waals surface area contributed by atoms with Gasteiger partial charge >= 0.3 is 18.4 Å². The molecule has 0 unspecified atom stereocenters. The maximum absolute atomic E-state index is 12.8. The third kappa shape index (κ3) is 3.65. The molecule has 0 fully saturated rings. The number of nitrogens with zero attached hydrogens (tertiary/aromatic N) is 1. The van der Waals surface area contributed by atoms with E-state index >= 15 is 0 Å². The standard InChI is InChI=1S/C10H14FN3O6/c1-4-2-6(8(12)15)14(10(18)19)3-5(4)13-20-7(11)9(16)17/h2,5-7,13H,3H2,1H3,(H2,12,15)(H,16,17)(H,18,19)/t5-,6-,7-/m0/s1. The highest BCUT2D eigenvalue weighted by atomic mass is 19.1. The first-order valence-electron chi connectivity index (χ1n) is 5.49. The lowest BCUT2D eigenvalue weighted by molar-refractivity contribution is -0.175. The van der Waals surface area contributed by atoms with Gasteiger partial charge in [-0.3, -0.25) is 14.5 Å². The summed E-state index contributed by atoms with van der Waals surface area (Å²) in [7, 11) is 0. The first-order chi connectivity index (χ1) is 9.23. The van der Waals surface area contributed by atoms with E-state index in [2.05, 4.69) is 10.3 Å². The number of hydrogen-bond acceptors (Lipinski definition) is 5. The van der Waals surface area contributed by atoms with Gasteiger partial charge in [-0.05, 0) is 6.92 Å². The van der Waals surface area contributed by atoms with Crippen molar-refractivity contribution in [2.45, 2.75) is 25.4 Å². The quantitative estimate of drug-likeness (QED) is 0.378. The molecule has 1 rings (SSSR count). The fourth-order valence-electron chi connectivity index (χ4n) is 1.66. The minimum absolute atomic E-state index is 0.238. The van der Waals surface area contributed by atoms with Gasteiger partial charge in [-0.25, -0.2) is 14.0 Å². The fourth-order valence-corrected chi connectivity index (χ4v) is 1.66. The zero-order valence-corrected chi connectivity index (χ0v) is 10.4. The number of aliphatic carboxylic acids is 1. The van der Waals surface area contributed by atoms with Gasteiger partial charge in [0.15, 0.2) is 0 Å². The van der Waals surface area contributed by atoms with E-state index in [9.17, 15) is 18.8 Å². The zero-order chi connectivity index (χ0) is 15.4. The molecule has 10 heteroatoms. The van der Waals surface area contributed by atoms with Crippen molar-refractivity contribution in [3.8, 4) is 0 Å². The van der Waals surface area contributed by atoms with Gasteiger partial charge < -0.3 is 15.9 Å². The van der Waals surface area contributed by atoms with Crippen LogP contribution >= 0.6 is 0 Å². The van der Waals surface area contributed by atoms with Crippen LogP contribution in [0.3, 0.4) is 0 Å². The topological polar surface area (TPSA) is 142 Å². The second kappa shape index (κ2) is 6.30. The number of primary amides is 1. The van der Waals surface area contributed by atoms with Crippen LogP contribution in [0, 0.1) is 0 Å². The normalized spacial score (nSPS) is 23.9. The summed E-state index contributed by atoms with van der Waals surface area (Å²) in [4.78, 5) is 37.4. The number of carboxylic acids is 1. The Morgan fingerprint density at radius 1 is 1.55 bits per heavy atom. The average Bonchev–Trinajstić information content (AvgIpc) is 2.35. The number of nitrogens with two attached hydrogens (primary N) is 1. The fraction of sp³-hybridized carbons (Fsp3) is 0.500. The van der Waals surface area contributed by atoms with Crippen LogP contribution in [0.5, 0.6) is 0 Å². The molecule has 2 amide bonds. The summed E-state index contributed by atoms with van der Waals surface area (Å²) in [6, 6.07) is -1.93. The highest BCUT2D eigenvalue weighted by Gasteiger charge is 2.34. The lowest BCUT2D eigenvalue weighted by atomic mass is 9.99. The Kier molecular flexibility index (Phi) is 5.00. The van der Waals surface area contributed by atoms with Crippen LogP contribution in [0.1, 0.15) is 6.92 Å². The number of halogens is 1. The summed E-state index contributed by atoms with van der Waals surface area (Å²) < 4.78 is 12.8. The average molecular weight is 291 g/mol. The SMILES string of the molecule is CC1=C[C@@H](C(N)=O)N(C(=O)O)C[C@@H]1NO[C@H](F)C(=O)O. The molecule has 0 aliphatic carbocycles. The van der Waals surface area contributed by atoms with Crippen LogP contribution in [-0.4, -0.2) is 58.1 Å². The molecule has 5 N–H and O–H groups in total. The molecule has 9 nitrogen and oxygen atoms in total. The third-order valence-corrected chi connectivity index (χ3v) is 2.73. The first-order valence-corrected chi connectivity index (χ1v) is 5.49. The van der Waals surface area contributed by atoms with Crippen molar-refractivity contribution in [1.82, 2.24) is 10.4 Å². The first kappa shape index (κ1) is 15.9. The zero-order valence-electron chi connectivity index (χ0n) is 10.4. The van der Waals surface area contributed by atoms with E-state index < -0.39 is 36.4 Å². The number of hydrogen-bond donors (Lipinski definition) is 4. The van der Waals surface area contributed by atoms with Crippen molar-refractivity contribution in [2.75, 3.05) is 6.54 Å². The molecule has 1 aliphatic rings. The van der Waals surface area contributed by atoms with Gasteiger partial charge in [0, 0.05) is 6.54 Å². The largest absolute Gasteiger partial charge is 0.477 e. The molecular weight excluding hydrogens is 277 g/mol. The molecule has 0 saturated carbocycles. The van der Waals surface area contributed by atoms with E-state index in [4.69, 9.17) is 15.9 Å². The monoisotopic (exact) mass is 291 g/mol. The van der Waals surface area contributed by atoms with Crippen molar-refractivity contribution in [3.63, 3.8) is 0 Å².